The van der Waals surface area contributed by atoms with Gasteiger partial charge in [-0.3, -0.25) is 14.8 Å². The summed E-state index contributed by atoms with van der Waals surface area (Å²) >= 11 is 0. The number of carbonyl (C=O) groups is 1. The normalized spacial score (nSPS) is 27.9. The highest BCUT2D eigenvalue weighted by Crippen LogP contribution is 2.25. The van der Waals surface area contributed by atoms with Gasteiger partial charge in [0.25, 0.3) is 0 Å². The van der Waals surface area contributed by atoms with Crippen LogP contribution in [0.15, 0.2) is 6.07 Å². The summed E-state index contributed by atoms with van der Waals surface area (Å²) in [6.07, 6.45) is 2.66. The minimum absolute atomic E-state index is 0.0773. The second kappa shape index (κ2) is 6.60. The van der Waals surface area contributed by atoms with Crippen molar-refractivity contribution in [2.24, 2.45) is 0 Å². The highest BCUT2D eigenvalue weighted by molar-refractivity contribution is 7.91. The number of sulfone groups is 1. The van der Waals surface area contributed by atoms with Crippen LogP contribution in [-0.2, 0) is 14.6 Å². The molecule has 23 heavy (non-hydrogen) atoms. The van der Waals surface area contributed by atoms with Crippen molar-refractivity contribution in [3.05, 3.63) is 17.5 Å². The Morgan fingerprint density at radius 2 is 2.30 bits per heavy atom. The number of likely N-dealkylation sites (tertiary alicyclic amines) is 1. The Hall–Kier alpha value is -1.41. The van der Waals surface area contributed by atoms with Gasteiger partial charge in [0.05, 0.1) is 23.7 Å². The lowest BCUT2D eigenvalue weighted by Crippen LogP contribution is -2.45. The van der Waals surface area contributed by atoms with Crippen molar-refractivity contribution in [1.82, 2.24) is 20.4 Å². The number of carbonyl (C=O) groups excluding carboxylic acids is 1. The molecule has 0 aromatic carbocycles. The molecular formula is C15H24N4O3S. The highest BCUT2D eigenvalue weighted by atomic mass is 32.2. The van der Waals surface area contributed by atoms with E-state index < -0.39 is 9.84 Å². The molecule has 0 aliphatic carbocycles. The predicted octanol–water partition coefficient (Wildman–Crippen LogP) is 0.201. The average Bonchev–Trinajstić information content (AvgIpc) is 3.05. The number of aryl methyl sites for hydroxylation is 1. The number of nitrogens with zero attached hydrogens (tertiary/aromatic N) is 2. The third kappa shape index (κ3) is 4.32. The number of aromatic nitrogens is 2. The summed E-state index contributed by atoms with van der Waals surface area (Å²) in [5, 5.41) is 10.2. The van der Waals surface area contributed by atoms with E-state index in [1.54, 1.807) is 0 Å². The maximum absolute atomic E-state index is 12.2. The molecule has 1 aromatic rings. The van der Waals surface area contributed by atoms with E-state index in [9.17, 15) is 13.2 Å². The molecule has 2 aliphatic rings. The van der Waals surface area contributed by atoms with Crippen LogP contribution in [0, 0.1) is 6.92 Å². The van der Waals surface area contributed by atoms with Crippen LogP contribution in [0.3, 0.4) is 0 Å². The number of nitrogens with one attached hydrogen (secondary N) is 2. The minimum Gasteiger partial charge on any atom is -0.351 e. The Labute approximate surface area is 136 Å². The van der Waals surface area contributed by atoms with Gasteiger partial charge in [-0.1, -0.05) is 0 Å². The van der Waals surface area contributed by atoms with E-state index in [0.717, 1.165) is 37.3 Å². The Bertz CT molecular complexity index is 670. The average molecular weight is 340 g/mol. The number of rotatable bonds is 4. The molecule has 3 rings (SSSR count). The molecule has 2 atom stereocenters. The predicted molar refractivity (Wildman–Crippen MR) is 86.9 cm³/mol. The summed E-state index contributed by atoms with van der Waals surface area (Å²) < 4.78 is 22.9. The summed E-state index contributed by atoms with van der Waals surface area (Å²) in [6, 6.07) is 1.85. The summed E-state index contributed by atoms with van der Waals surface area (Å²) in [6.45, 7) is 4.04. The minimum atomic E-state index is -2.96. The van der Waals surface area contributed by atoms with Crippen LogP contribution >= 0.6 is 0 Å². The zero-order valence-electron chi connectivity index (χ0n) is 13.4. The lowest BCUT2D eigenvalue weighted by atomic mass is 9.94. The summed E-state index contributed by atoms with van der Waals surface area (Å²) in [5.41, 5.74) is 2.12. The van der Waals surface area contributed by atoms with E-state index in [0.29, 0.717) is 18.9 Å². The molecule has 0 unspecified atom stereocenters. The van der Waals surface area contributed by atoms with E-state index in [1.165, 1.54) is 0 Å². The zero-order valence-corrected chi connectivity index (χ0v) is 14.2. The fraction of sp³-hybridized carbons (Fsp3) is 0.733. The van der Waals surface area contributed by atoms with E-state index in [-0.39, 0.29) is 23.5 Å². The van der Waals surface area contributed by atoms with Crippen LogP contribution in [0.5, 0.6) is 0 Å². The van der Waals surface area contributed by atoms with Gasteiger partial charge in [0.15, 0.2) is 9.84 Å². The second-order valence-electron chi connectivity index (χ2n) is 6.72. The fourth-order valence-corrected chi connectivity index (χ4v) is 5.15. The lowest BCUT2D eigenvalue weighted by Gasteiger charge is -2.31. The van der Waals surface area contributed by atoms with Crippen LogP contribution in [-0.4, -0.2) is 66.6 Å². The smallest absolute Gasteiger partial charge is 0.234 e. The molecular weight excluding hydrogens is 316 g/mol. The van der Waals surface area contributed by atoms with Crippen LogP contribution in [0.1, 0.15) is 36.6 Å². The van der Waals surface area contributed by atoms with Gasteiger partial charge in [0, 0.05) is 24.2 Å². The Kier molecular flexibility index (Phi) is 4.72. The third-order valence-corrected chi connectivity index (χ3v) is 6.38. The van der Waals surface area contributed by atoms with Crippen LogP contribution in [0.4, 0.5) is 0 Å². The van der Waals surface area contributed by atoms with Crippen LogP contribution in [0.25, 0.3) is 0 Å². The first-order chi connectivity index (χ1) is 10.9. The summed E-state index contributed by atoms with van der Waals surface area (Å²) in [4.78, 5) is 14.3. The molecule has 8 heteroatoms. The monoisotopic (exact) mass is 340 g/mol. The molecule has 0 spiro atoms. The molecule has 2 fully saturated rings. The Morgan fingerprint density at radius 1 is 1.48 bits per heavy atom. The first-order valence-electron chi connectivity index (χ1n) is 8.15. The standard InChI is InChI=1S/C15H24N4O3S/c1-11-7-14(18-17-11)12-3-2-5-19(8-12)9-15(20)16-13-4-6-23(21,22)10-13/h7,12-13H,2-6,8-10H2,1H3,(H,16,20)(H,17,18)/t12-,13-/m1/s1. The third-order valence-electron chi connectivity index (χ3n) is 4.61. The van der Waals surface area contributed by atoms with Crippen molar-refractivity contribution in [3.8, 4) is 0 Å². The van der Waals surface area contributed by atoms with Gasteiger partial charge in [-0.2, -0.15) is 5.10 Å². The van der Waals surface area contributed by atoms with Crippen LogP contribution in [0.2, 0.25) is 0 Å². The maximum Gasteiger partial charge on any atom is 0.234 e. The van der Waals surface area contributed by atoms with Gasteiger partial charge < -0.3 is 5.32 Å². The first kappa shape index (κ1) is 16.4. The number of H-pyrrole nitrogens is 1. The van der Waals surface area contributed by atoms with Gasteiger partial charge in [0.2, 0.25) is 5.91 Å². The zero-order chi connectivity index (χ0) is 16.4. The summed E-state index contributed by atoms with van der Waals surface area (Å²) in [5.74, 6) is 0.537. The van der Waals surface area contributed by atoms with E-state index in [1.807, 2.05) is 6.92 Å². The van der Waals surface area contributed by atoms with Crippen molar-refractivity contribution < 1.29 is 13.2 Å². The molecule has 1 amide bonds. The summed E-state index contributed by atoms with van der Waals surface area (Å²) in [7, 11) is -2.96. The topological polar surface area (TPSA) is 95.2 Å². The molecule has 128 valence electrons. The molecule has 3 heterocycles. The number of hydrogen-bond acceptors (Lipinski definition) is 5. The highest BCUT2D eigenvalue weighted by Gasteiger charge is 2.30. The van der Waals surface area contributed by atoms with E-state index in [2.05, 4.69) is 26.5 Å². The SMILES string of the molecule is Cc1cc([C@@H]2CCCN(CC(=O)N[C@@H]3CCS(=O)(=O)C3)C2)n[nH]1. The molecule has 7 nitrogen and oxygen atoms in total. The molecule has 2 saturated heterocycles. The number of piperidine rings is 1. The molecule has 2 aliphatic heterocycles. The quantitative estimate of drug-likeness (QED) is 0.816. The fourth-order valence-electron chi connectivity index (χ4n) is 3.47. The molecule has 0 saturated carbocycles. The molecule has 2 N–H and O–H groups in total. The van der Waals surface area contributed by atoms with Crippen LogP contribution < -0.4 is 5.32 Å². The second-order valence-corrected chi connectivity index (χ2v) is 8.95. The van der Waals surface area contributed by atoms with Crippen molar-refractivity contribution in [1.29, 1.82) is 0 Å². The first-order valence-corrected chi connectivity index (χ1v) is 9.97. The Morgan fingerprint density at radius 3 is 2.96 bits per heavy atom. The lowest BCUT2D eigenvalue weighted by molar-refractivity contribution is -0.123. The Balaban J connectivity index is 1.50. The molecule has 1 aromatic heterocycles. The van der Waals surface area contributed by atoms with Gasteiger partial charge in [0.1, 0.15) is 0 Å². The number of hydrogen-bond donors (Lipinski definition) is 2. The van der Waals surface area contributed by atoms with Crippen molar-refractivity contribution >= 4 is 15.7 Å². The van der Waals surface area contributed by atoms with E-state index >= 15 is 0 Å². The number of amides is 1. The van der Waals surface area contributed by atoms with Gasteiger partial charge in [-0.05, 0) is 38.8 Å². The van der Waals surface area contributed by atoms with Gasteiger partial charge in [-0.25, -0.2) is 8.42 Å². The van der Waals surface area contributed by atoms with Crippen molar-refractivity contribution in [2.75, 3.05) is 31.1 Å². The van der Waals surface area contributed by atoms with Gasteiger partial charge >= 0.3 is 0 Å². The number of aromatic amines is 1. The largest absolute Gasteiger partial charge is 0.351 e. The van der Waals surface area contributed by atoms with Crippen molar-refractivity contribution in [3.63, 3.8) is 0 Å². The molecule has 0 radical (unpaired) electrons. The van der Waals surface area contributed by atoms with Gasteiger partial charge in [-0.15, -0.1) is 0 Å². The molecule has 0 bridgehead atoms. The van der Waals surface area contributed by atoms with Crippen molar-refractivity contribution in [2.45, 2.75) is 38.1 Å². The maximum atomic E-state index is 12.2. The van der Waals surface area contributed by atoms with E-state index in [4.69, 9.17) is 0 Å².